The molecule has 1 rings (SSSR count). The summed E-state index contributed by atoms with van der Waals surface area (Å²) < 4.78 is 16.1. The predicted octanol–water partition coefficient (Wildman–Crippen LogP) is 1.16. The highest BCUT2D eigenvalue weighted by Gasteiger charge is 2.14. The van der Waals surface area contributed by atoms with Crippen molar-refractivity contribution in [2.24, 2.45) is 0 Å². The molecule has 4 nitrogen and oxygen atoms in total. The van der Waals surface area contributed by atoms with Crippen LogP contribution in [0.2, 0.25) is 0 Å². The van der Waals surface area contributed by atoms with E-state index in [1.54, 1.807) is 24.3 Å². The van der Waals surface area contributed by atoms with Gasteiger partial charge in [0.2, 0.25) is 8.03 Å². The molecule has 78 valence electrons. The summed E-state index contributed by atoms with van der Waals surface area (Å²) in [6, 6.07) is 8.66. The second kappa shape index (κ2) is 5.94. The molecular formula is C9H13O4P. The van der Waals surface area contributed by atoms with Crippen LogP contribution in [0.15, 0.2) is 30.3 Å². The Hall–Kier alpha value is -0.670. The Kier molecular flexibility index (Phi) is 4.84. The lowest BCUT2D eigenvalue weighted by molar-refractivity contribution is 0.183. The quantitative estimate of drug-likeness (QED) is 0.725. The molecule has 0 spiro atoms. The monoisotopic (exact) mass is 216 g/mol. The molecule has 0 aliphatic heterocycles. The minimum absolute atomic E-state index is 0.0122. The molecule has 2 atom stereocenters. The zero-order valence-electron chi connectivity index (χ0n) is 7.59. The van der Waals surface area contributed by atoms with Gasteiger partial charge in [0.1, 0.15) is 0 Å². The highest BCUT2D eigenvalue weighted by molar-refractivity contribution is 7.39. The van der Waals surface area contributed by atoms with Gasteiger partial charge in [0.15, 0.2) is 5.85 Å². The maximum atomic E-state index is 11.3. The van der Waals surface area contributed by atoms with Crippen molar-refractivity contribution in [1.82, 2.24) is 0 Å². The largest absolute Gasteiger partial charge is 0.394 e. The Morgan fingerprint density at radius 1 is 1.36 bits per heavy atom. The minimum Gasteiger partial charge on any atom is -0.394 e. The molecule has 1 aromatic carbocycles. The molecule has 0 saturated heterocycles. The van der Waals surface area contributed by atoms with Crippen LogP contribution in [0, 0.1) is 0 Å². The third kappa shape index (κ3) is 3.24. The highest BCUT2D eigenvalue weighted by Crippen LogP contribution is 2.39. The van der Waals surface area contributed by atoms with Crippen molar-refractivity contribution < 1.29 is 19.3 Å². The summed E-state index contributed by atoms with van der Waals surface area (Å²) >= 11 is 0. The first-order valence-electron chi connectivity index (χ1n) is 4.26. The van der Waals surface area contributed by atoms with E-state index in [1.807, 2.05) is 6.07 Å². The summed E-state index contributed by atoms with van der Waals surface area (Å²) in [5, 5.41) is 18.0. The van der Waals surface area contributed by atoms with E-state index >= 15 is 0 Å². The smallest absolute Gasteiger partial charge is 0.223 e. The first-order chi connectivity index (χ1) is 6.75. The molecule has 0 radical (unpaired) electrons. The molecule has 14 heavy (non-hydrogen) atoms. The average molecular weight is 216 g/mol. The summed E-state index contributed by atoms with van der Waals surface area (Å²) in [6.45, 7) is -0.209. The fourth-order valence-corrected chi connectivity index (χ4v) is 1.91. The summed E-state index contributed by atoms with van der Waals surface area (Å²) in [5.41, 5.74) is 0.564. The minimum atomic E-state index is -2.54. The van der Waals surface area contributed by atoms with E-state index in [-0.39, 0.29) is 13.2 Å². The van der Waals surface area contributed by atoms with E-state index in [4.69, 9.17) is 9.63 Å². The molecule has 5 heteroatoms. The van der Waals surface area contributed by atoms with Crippen molar-refractivity contribution in [2.45, 2.75) is 5.85 Å². The van der Waals surface area contributed by atoms with Crippen molar-refractivity contribution >= 4 is 8.03 Å². The van der Waals surface area contributed by atoms with Crippen LogP contribution in [0.4, 0.5) is 0 Å². The van der Waals surface area contributed by atoms with Gasteiger partial charge < -0.3 is 14.7 Å². The molecule has 2 N–H and O–H groups in total. The van der Waals surface area contributed by atoms with Crippen molar-refractivity contribution in [3.8, 4) is 0 Å². The summed E-state index contributed by atoms with van der Waals surface area (Å²) in [6.07, 6.45) is 0. The molecule has 0 heterocycles. The molecule has 1 aromatic rings. The fourth-order valence-electron chi connectivity index (χ4n) is 0.997. The van der Waals surface area contributed by atoms with Gasteiger partial charge in [-0.3, -0.25) is 4.57 Å². The lowest BCUT2D eigenvalue weighted by atomic mass is 10.2. The number of aliphatic hydroxyl groups is 2. The van der Waals surface area contributed by atoms with Gasteiger partial charge >= 0.3 is 0 Å². The second-order valence-electron chi connectivity index (χ2n) is 2.70. The van der Waals surface area contributed by atoms with Crippen molar-refractivity contribution in [1.29, 1.82) is 0 Å². The fraction of sp³-hybridized carbons (Fsp3) is 0.333. The van der Waals surface area contributed by atoms with E-state index in [1.165, 1.54) is 0 Å². The molecule has 0 bridgehead atoms. The Morgan fingerprint density at radius 3 is 2.57 bits per heavy atom. The predicted molar refractivity (Wildman–Crippen MR) is 53.4 cm³/mol. The van der Waals surface area contributed by atoms with E-state index < -0.39 is 13.9 Å². The second-order valence-corrected chi connectivity index (χ2v) is 4.18. The highest BCUT2D eigenvalue weighted by atomic mass is 31.1. The van der Waals surface area contributed by atoms with Crippen LogP contribution in [0.3, 0.4) is 0 Å². The number of hydrogen-bond donors (Lipinski definition) is 2. The van der Waals surface area contributed by atoms with Crippen LogP contribution in [-0.4, -0.2) is 23.4 Å². The van der Waals surface area contributed by atoms with Gasteiger partial charge in [-0.1, -0.05) is 30.3 Å². The van der Waals surface area contributed by atoms with Crippen LogP contribution < -0.4 is 0 Å². The van der Waals surface area contributed by atoms with Crippen molar-refractivity contribution in [3.05, 3.63) is 35.9 Å². The van der Waals surface area contributed by atoms with Crippen LogP contribution in [0.25, 0.3) is 0 Å². The van der Waals surface area contributed by atoms with Gasteiger partial charge in [-0.15, -0.1) is 0 Å². The van der Waals surface area contributed by atoms with Crippen molar-refractivity contribution in [2.75, 3.05) is 13.2 Å². The molecule has 0 amide bonds. The molecule has 0 aromatic heterocycles. The SMILES string of the molecule is O=[PH](OCCO)C(O)c1ccccc1. The van der Waals surface area contributed by atoms with Gasteiger partial charge in [0, 0.05) is 0 Å². The van der Waals surface area contributed by atoms with Gasteiger partial charge in [-0.05, 0) is 5.56 Å². The first kappa shape index (κ1) is 11.4. The number of rotatable bonds is 5. The third-order valence-corrected chi connectivity index (χ3v) is 2.94. The third-order valence-electron chi connectivity index (χ3n) is 1.67. The van der Waals surface area contributed by atoms with Gasteiger partial charge in [0.25, 0.3) is 0 Å². The maximum absolute atomic E-state index is 11.3. The molecule has 0 aliphatic carbocycles. The zero-order chi connectivity index (χ0) is 10.4. The lowest BCUT2D eigenvalue weighted by Gasteiger charge is -2.10. The topological polar surface area (TPSA) is 66.8 Å². The normalized spacial score (nSPS) is 15.0. The van der Waals surface area contributed by atoms with E-state index in [2.05, 4.69) is 0 Å². The zero-order valence-corrected chi connectivity index (χ0v) is 8.59. The molecular weight excluding hydrogens is 203 g/mol. The standard InChI is InChI=1S/C9H13O4P/c10-6-7-13-14(12)9(11)8-4-2-1-3-5-8/h1-5,9-11,14H,6-7H2. The molecule has 0 saturated carbocycles. The van der Waals surface area contributed by atoms with Gasteiger partial charge in [-0.25, -0.2) is 0 Å². The maximum Gasteiger partial charge on any atom is 0.223 e. The van der Waals surface area contributed by atoms with Crippen LogP contribution in [0.1, 0.15) is 11.4 Å². The van der Waals surface area contributed by atoms with E-state index in [0.29, 0.717) is 5.56 Å². The first-order valence-corrected chi connectivity index (χ1v) is 5.65. The summed E-state index contributed by atoms with van der Waals surface area (Å²) in [5.74, 6) is -1.09. The lowest BCUT2D eigenvalue weighted by Crippen LogP contribution is -1.97. The number of hydrogen-bond acceptors (Lipinski definition) is 4. The molecule has 0 fully saturated rings. The van der Waals surface area contributed by atoms with Gasteiger partial charge in [-0.2, -0.15) is 0 Å². The summed E-state index contributed by atoms with van der Waals surface area (Å²) in [4.78, 5) is 0. The Labute approximate surface area is 83.0 Å². The Balaban J connectivity index is 2.57. The van der Waals surface area contributed by atoms with E-state index in [0.717, 1.165) is 0 Å². The number of benzene rings is 1. The van der Waals surface area contributed by atoms with Crippen LogP contribution >= 0.6 is 8.03 Å². The molecule has 2 unspecified atom stereocenters. The van der Waals surface area contributed by atoms with Crippen LogP contribution in [0.5, 0.6) is 0 Å². The number of aliphatic hydroxyl groups excluding tert-OH is 2. The van der Waals surface area contributed by atoms with Crippen molar-refractivity contribution in [3.63, 3.8) is 0 Å². The summed E-state index contributed by atoms with van der Waals surface area (Å²) in [7, 11) is -2.54. The average Bonchev–Trinajstić information content (AvgIpc) is 2.26. The molecule has 0 aliphatic rings. The Morgan fingerprint density at radius 2 is 2.00 bits per heavy atom. The van der Waals surface area contributed by atoms with Gasteiger partial charge in [0.05, 0.1) is 13.2 Å². The Bertz CT molecular complexity index is 288. The van der Waals surface area contributed by atoms with E-state index in [9.17, 15) is 9.67 Å². The van der Waals surface area contributed by atoms with Crippen LogP contribution in [-0.2, 0) is 9.09 Å².